The fraction of sp³-hybridized carbons (Fsp3) is 1.00. The van der Waals surface area contributed by atoms with Crippen molar-refractivity contribution in [2.45, 2.75) is 38.6 Å². The Balaban J connectivity index is 1.84. The minimum atomic E-state index is 0.203. The molecule has 0 bridgehead atoms. The highest BCUT2D eigenvalue weighted by Gasteiger charge is 2.34. The summed E-state index contributed by atoms with van der Waals surface area (Å²) in [5, 5.41) is 0. The maximum atomic E-state index is 6.04. The third-order valence-electron chi connectivity index (χ3n) is 5.05. The van der Waals surface area contributed by atoms with Crippen LogP contribution in [0, 0.1) is 5.41 Å². The van der Waals surface area contributed by atoms with Crippen molar-refractivity contribution in [1.82, 2.24) is 9.80 Å². The Morgan fingerprint density at radius 2 is 2.11 bits per heavy atom. The Labute approximate surface area is 118 Å². The van der Waals surface area contributed by atoms with Crippen LogP contribution in [0.5, 0.6) is 0 Å². The number of likely N-dealkylation sites (tertiary alicyclic amines) is 1. The predicted molar refractivity (Wildman–Crippen MR) is 79.3 cm³/mol. The zero-order valence-electron chi connectivity index (χ0n) is 12.7. The minimum Gasteiger partial charge on any atom is -0.381 e. The number of nitrogens with two attached hydrogens (primary N) is 1. The Hall–Kier alpha value is -0.160. The Morgan fingerprint density at radius 3 is 2.63 bits per heavy atom. The molecule has 0 spiro atoms. The monoisotopic (exact) mass is 269 g/mol. The van der Waals surface area contributed by atoms with Crippen molar-refractivity contribution in [2.24, 2.45) is 11.1 Å². The smallest absolute Gasteiger partial charge is 0.0546 e. The Morgan fingerprint density at radius 1 is 1.37 bits per heavy atom. The van der Waals surface area contributed by atoms with E-state index in [0.29, 0.717) is 0 Å². The highest BCUT2D eigenvalue weighted by Crippen LogP contribution is 2.30. The van der Waals surface area contributed by atoms with Gasteiger partial charge in [0.05, 0.1) is 6.61 Å². The van der Waals surface area contributed by atoms with Crippen LogP contribution in [0.2, 0.25) is 0 Å². The second-order valence-electron chi connectivity index (χ2n) is 6.44. The summed E-state index contributed by atoms with van der Waals surface area (Å²) < 4.78 is 5.68. The summed E-state index contributed by atoms with van der Waals surface area (Å²) in [5.74, 6) is 0. The number of nitrogens with zero attached hydrogens (tertiary/aromatic N) is 2. The molecule has 2 aliphatic rings. The molecule has 2 aliphatic heterocycles. The van der Waals surface area contributed by atoms with Crippen LogP contribution in [0.25, 0.3) is 0 Å². The lowest BCUT2D eigenvalue weighted by Crippen LogP contribution is -2.51. The van der Waals surface area contributed by atoms with Gasteiger partial charge in [0, 0.05) is 31.2 Å². The molecule has 2 fully saturated rings. The second-order valence-corrected chi connectivity index (χ2v) is 6.44. The molecule has 0 aromatic carbocycles. The molecule has 4 nitrogen and oxygen atoms in total. The quantitative estimate of drug-likeness (QED) is 0.813. The van der Waals surface area contributed by atoms with Gasteiger partial charge in [-0.15, -0.1) is 0 Å². The molecule has 2 rings (SSSR count). The molecule has 0 amide bonds. The van der Waals surface area contributed by atoms with Gasteiger partial charge in [-0.3, -0.25) is 0 Å². The normalized spacial score (nSPS) is 30.9. The SMILES string of the molecule is CCN1CCC(N(C)CC2(CN)CCCOC2)CC1. The van der Waals surface area contributed by atoms with Crippen molar-refractivity contribution in [3.05, 3.63) is 0 Å². The predicted octanol–water partition coefficient (Wildman–Crippen LogP) is 1.16. The summed E-state index contributed by atoms with van der Waals surface area (Å²) in [6.45, 7) is 9.56. The van der Waals surface area contributed by atoms with Crippen molar-refractivity contribution in [3.63, 3.8) is 0 Å². The van der Waals surface area contributed by atoms with E-state index in [1.165, 1.54) is 45.3 Å². The third kappa shape index (κ3) is 3.91. The Kier molecular flexibility index (Phi) is 5.63. The molecule has 0 aromatic rings. The largest absolute Gasteiger partial charge is 0.381 e. The van der Waals surface area contributed by atoms with Crippen molar-refractivity contribution in [2.75, 3.05) is 53.0 Å². The average molecular weight is 269 g/mol. The van der Waals surface area contributed by atoms with E-state index in [2.05, 4.69) is 23.8 Å². The van der Waals surface area contributed by atoms with Gasteiger partial charge < -0.3 is 20.3 Å². The molecular formula is C15H31N3O. The van der Waals surface area contributed by atoms with Crippen LogP contribution in [0.4, 0.5) is 0 Å². The molecule has 0 aliphatic carbocycles. The van der Waals surface area contributed by atoms with E-state index in [1.54, 1.807) is 0 Å². The first-order chi connectivity index (χ1) is 9.19. The summed E-state index contributed by atoms with van der Waals surface area (Å²) in [7, 11) is 2.28. The van der Waals surface area contributed by atoms with E-state index in [9.17, 15) is 0 Å². The lowest BCUT2D eigenvalue weighted by Gasteiger charge is -2.43. The van der Waals surface area contributed by atoms with Gasteiger partial charge in [-0.05, 0) is 52.4 Å². The number of ether oxygens (including phenoxy) is 1. The average Bonchev–Trinajstić information content (AvgIpc) is 2.48. The van der Waals surface area contributed by atoms with Crippen LogP contribution in [0.3, 0.4) is 0 Å². The van der Waals surface area contributed by atoms with Gasteiger partial charge in [0.2, 0.25) is 0 Å². The summed E-state index contributed by atoms with van der Waals surface area (Å²) in [6.07, 6.45) is 4.98. The maximum Gasteiger partial charge on any atom is 0.0546 e. The van der Waals surface area contributed by atoms with Crippen LogP contribution in [-0.4, -0.2) is 68.8 Å². The lowest BCUT2D eigenvalue weighted by atomic mass is 9.81. The molecule has 0 radical (unpaired) electrons. The van der Waals surface area contributed by atoms with E-state index in [-0.39, 0.29) is 5.41 Å². The third-order valence-corrected chi connectivity index (χ3v) is 5.05. The lowest BCUT2D eigenvalue weighted by molar-refractivity contribution is -0.0280. The van der Waals surface area contributed by atoms with Crippen LogP contribution in [0.15, 0.2) is 0 Å². The van der Waals surface area contributed by atoms with Crippen molar-refractivity contribution >= 4 is 0 Å². The van der Waals surface area contributed by atoms with Gasteiger partial charge in [-0.1, -0.05) is 6.92 Å². The van der Waals surface area contributed by atoms with Gasteiger partial charge in [0.25, 0.3) is 0 Å². The highest BCUT2D eigenvalue weighted by molar-refractivity contribution is 4.88. The van der Waals surface area contributed by atoms with E-state index < -0.39 is 0 Å². The van der Waals surface area contributed by atoms with Crippen LogP contribution < -0.4 is 5.73 Å². The van der Waals surface area contributed by atoms with Crippen molar-refractivity contribution in [1.29, 1.82) is 0 Å². The van der Waals surface area contributed by atoms with E-state index in [1.807, 2.05) is 0 Å². The molecule has 1 unspecified atom stereocenters. The maximum absolute atomic E-state index is 6.04. The fourth-order valence-corrected chi connectivity index (χ4v) is 3.59. The number of hydrogen-bond donors (Lipinski definition) is 1. The van der Waals surface area contributed by atoms with E-state index >= 15 is 0 Å². The van der Waals surface area contributed by atoms with Crippen LogP contribution in [-0.2, 0) is 4.74 Å². The minimum absolute atomic E-state index is 0.203. The van der Waals surface area contributed by atoms with Gasteiger partial charge in [0.1, 0.15) is 0 Å². The molecule has 19 heavy (non-hydrogen) atoms. The zero-order chi connectivity index (χ0) is 13.7. The number of rotatable bonds is 5. The summed E-state index contributed by atoms with van der Waals surface area (Å²) in [6, 6.07) is 0.730. The fourth-order valence-electron chi connectivity index (χ4n) is 3.59. The molecule has 2 heterocycles. The van der Waals surface area contributed by atoms with Gasteiger partial charge in [-0.25, -0.2) is 0 Å². The summed E-state index contributed by atoms with van der Waals surface area (Å²) >= 11 is 0. The molecule has 1 atom stereocenters. The van der Waals surface area contributed by atoms with Crippen LogP contribution >= 0.6 is 0 Å². The highest BCUT2D eigenvalue weighted by atomic mass is 16.5. The molecule has 2 N–H and O–H groups in total. The Bertz CT molecular complexity index is 258. The van der Waals surface area contributed by atoms with Crippen molar-refractivity contribution in [3.8, 4) is 0 Å². The molecule has 0 aromatic heterocycles. The van der Waals surface area contributed by atoms with E-state index in [4.69, 9.17) is 10.5 Å². The molecule has 0 saturated carbocycles. The summed E-state index contributed by atoms with van der Waals surface area (Å²) in [5.41, 5.74) is 6.25. The van der Waals surface area contributed by atoms with Gasteiger partial charge >= 0.3 is 0 Å². The molecular weight excluding hydrogens is 238 g/mol. The van der Waals surface area contributed by atoms with E-state index in [0.717, 1.165) is 32.3 Å². The number of hydrogen-bond acceptors (Lipinski definition) is 4. The second kappa shape index (κ2) is 7.02. The first-order valence-corrected chi connectivity index (χ1v) is 7.89. The molecule has 4 heteroatoms. The first kappa shape index (κ1) is 15.2. The van der Waals surface area contributed by atoms with Crippen LogP contribution in [0.1, 0.15) is 32.6 Å². The van der Waals surface area contributed by atoms with Crippen molar-refractivity contribution < 1.29 is 4.74 Å². The molecule has 2 saturated heterocycles. The number of piperidine rings is 1. The van der Waals surface area contributed by atoms with Gasteiger partial charge in [-0.2, -0.15) is 0 Å². The first-order valence-electron chi connectivity index (χ1n) is 7.89. The topological polar surface area (TPSA) is 41.7 Å². The van der Waals surface area contributed by atoms with Gasteiger partial charge in [0.15, 0.2) is 0 Å². The molecule has 112 valence electrons. The zero-order valence-corrected chi connectivity index (χ0v) is 12.7. The summed E-state index contributed by atoms with van der Waals surface area (Å²) in [4.78, 5) is 5.10. The standard InChI is InChI=1S/C15H31N3O/c1-3-18-8-5-14(6-9-18)17(2)12-15(11-16)7-4-10-19-13-15/h14H,3-13,16H2,1-2H3.